The van der Waals surface area contributed by atoms with Gasteiger partial charge in [0.15, 0.2) is 0 Å². The van der Waals surface area contributed by atoms with Gasteiger partial charge in [-0.1, -0.05) is 0 Å². The standard InChI is InChI=1S/C12H18N4O/c1-7-5-10(8(2)13)15-12(14-7)16-11(17)6-9-3-4-9/h5,8-9H,3-4,6,13H2,1-2H3,(H,14,15,16,17). The molecule has 1 atom stereocenters. The topological polar surface area (TPSA) is 80.9 Å². The van der Waals surface area contributed by atoms with Crippen molar-refractivity contribution in [1.82, 2.24) is 9.97 Å². The third-order valence-corrected chi connectivity index (χ3v) is 2.76. The molecule has 3 N–H and O–H groups in total. The number of anilines is 1. The predicted octanol–water partition coefficient (Wildman–Crippen LogP) is 1.54. The first-order valence-corrected chi connectivity index (χ1v) is 5.95. The highest BCUT2D eigenvalue weighted by Crippen LogP contribution is 2.32. The van der Waals surface area contributed by atoms with Gasteiger partial charge < -0.3 is 5.73 Å². The predicted molar refractivity (Wildman–Crippen MR) is 65.3 cm³/mol. The van der Waals surface area contributed by atoms with E-state index in [4.69, 9.17) is 5.73 Å². The molecule has 17 heavy (non-hydrogen) atoms. The Morgan fingerprint density at radius 3 is 2.88 bits per heavy atom. The van der Waals surface area contributed by atoms with Crippen LogP contribution >= 0.6 is 0 Å². The van der Waals surface area contributed by atoms with Gasteiger partial charge in [-0.15, -0.1) is 0 Å². The van der Waals surface area contributed by atoms with Crippen molar-refractivity contribution in [3.63, 3.8) is 0 Å². The van der Waals surface area contributed by atoms with E-state index in [1.54, 1.807) is 0 Å². The highest BCUT2D eigenvalue weighted by molar-refractivity contribution is 5.89. The Balaban J connectivity index is 2.05. The zero-order valence-corrected chi connectivity index (χ0v) is 10.2. The molecule has 1 aliphatic carbocycles. The first-order chi connectivity index (χ1) is 8.04. The molecule has 92 valence electrons. The zero-order valence-electron chi connectivity index (χ0n) is 10.2. The van der Waals surface area contributed by atoms with Gasteiger partial charge >= 0.3 is 0 Å². The third-order valence-electron chi connectivity index (χ3n) is 2.76. The van der Waals surface area contributed by atoms with E-state index in [-0.39, 0.29) is 11.9 Å². The van der Waals surface area contributed by atoms with Crippen LogP contribution in [-0.4, -0.2) is 15.9 Å². The smallest absolute Gasteiger partial charge is 0.229 e. The average Bonchev–Trinajstić information content (AvgIpc) is 3.00. The molecule has 1 amide bonds. The lowest BCUT2D eigenvalue weighted by molar-refractivity contribution is -0.116. The van der Waals surface area contributed by atoms with E-state index in [1.807, 2.05) is 19.9 Å². The van der Waals surface area contributed by atoms with E-state index in [1.165, 1.54) is 0 Å². The molecule has 0 bridgehead atoms. The van der Waals surface area contributed by atoms with E-state index in [9.17, 15) is 4.79 Å². The van der Waals surface area contributed by atoms with Gasteiger partial charge in [-0.3, -0.25) is 10.1 Å². The van der Waals surface area contributed by atoms with E-state index >= 15 is 0 Å². The molecule has 5 heteroatoms. The van der Waals surface area contributed by atoms with Crippen LogP contribution in [-0.2, 0) is 4.79 Å². The van der Waals surface area contributed by atoms with Crippen molar-refractivity contribution in [2.45, 2.75) is 39.2 Å². The summed E-state index contributed by atoms with van der Waals surface area (Å²) in [4.78, 5) is 20.1. The van der Waals surface area contributed by atoms with Gasteiger partial charge in [0, 0.05) is 18.2 Å². The minimum absolute atomic E-state index is 0.00581. The summed E-state index contributed by atoms with van der Waals surface area (Å²) >= 11 is 0. The third kappa shape index (κ3) is 3.49. The van der Waals surface area contributed by atoms with Crippen LogP contribution in [0.5, 0.6) is 0 Å². The van der Waals surface area contributed by atoms with Gasteiger partial charge in [-0.25, -0.2) is 9.97 Å². The Bertz CT molecular complexity index is 427. The number of carbonyl (C=O) groups excluding carboxylic acids is 1. The lowest BCUT2D eigenvalue weighted by atomic mass is 10.2. The van der Waals surface area contributed by atoms with Crippen LogP contribution in [0.25, 0.3) is 0 Å². The first-order valence-electron chi connectivity index (χ1n) is 5.95. The van der Waals surface area contributed by atoms with Gasteiger partial charge in [0.2, 0.25) is 11.9 Å². The molecule has 1 aliphatic rings. The highest BCUT2D eigenvalue weighted by Gasteiger charge is 2.24. The molecule has 1 heterocycles. The van der Waals surface area contributed by atoms with Crippen LogP contribution in [0, 0.1) is 12.8 Å². The Hall–Kier alpha value is -1.49. The molecule has 1 fully saturated rings. The summed E-state index contributed by atoms with van der Waals surface area (Å²) in [5, 5.41) is 2.73. The Kier molecular flexibility index (Phi) is 3.38. The molecule has 0 aromatic carbocycles. The second kappa shape index (κ2) is 4.79. The fraction of sp³-hybridized carbons (Fsp3) is 0.583. The minimum Gasteiger partial charge on any atom is -0.323 e. The van der Waals surface area contributed by atoms with Gasteiger partial charge in [0.25, 0.3) is 0 Å². The summed E-state index contributed by atoms with van der Waals surface area (Å²) in [7, 11) is 0. The van der Waals surface area contributed by atoms with Crippen molar-refractivity contribution < 1.29 is 4.79 Å². The molecule has 0 saturated heterocycles. The number of aryl methyl sites for hydroxylation is 1. The Morgan fingerprint density at radius 1 is 1.59 bits per heavy atom. The quantitative estimate of drug-likeness (QED) is 0.828. The Morgan fingerprint density at radius 2 is 2.29 bits per heavy atom. The summed E-state index contributed by atoms with van der Waals surface area (Å²) < 4.78 is 0. The van der Waals surface area contributed by atoms with Crippen molar-refractivity contribution in [3.8, 4) is 0 Å². The van der Waals surface area contributed by atoms with Crippen LogP contribution in [0.1, 0.15) is 43.6 Å². The van der Waals surface area contributed by atoms with E-state index < -0.39 is 0 Å². The number of nitrogens with zero attached hydrogens (tertiary/aromatic N) is 2. The number of aromatic nitrogens is 2. The summed E-state index contributed by atoms with van der Waals surface area (Å²) in [5.41, 5.74) is 7.33. The van der Waals surface area contributed by atoms with E-state index in [0.717, 1.165) is 24.2 Å². The van der Waals surface area contributed by atoms with Crippen molar-refractivity contribution in [3.05, 3.63) is 17.5 Å². The van der Waals surface area contributed by atoms with Gasteiger partial charge in [0.1, 0.15) is 0 Å². The van der Waals surface area contributed by atoms with E-state index in [2.05, 4.69) is 15.3 Å². The molecule has 0 aliphatic heterocycles. The molecule has 0 radical (unpaired) electrons. The number of rotatable bonds is 4. The van der Waals surface area contributed by atoms with E-state index in [0.29, 0.717) is 18.3 Å². The number of nitrogens with one attached hydrogen (secondary N) is 1. The molecule has 2 rings (SSSR count). The monoisotopic (exact) mass is 234 g/mol. The normalized spacial score (nSPS) is 16.6. The molecule has 1 aromatic heterocycles. The lowest BCUT2D eigenvalue weighted by Gasteiger charge is -2.09. The maximum atomic E-state index is 11.6. The summed E-state index contributed by atoms with van der Waals surface area (Å²) in [6.45, 7) is 3.72. The molecule has 1 aromatic rings. The number of amides is 1. The summed E-state index contributed by atoms with van der Waals surface area (Å²) in [5.74, 6) is 0.921. The first kappa shape index (κ1) is 12.0. The zero-order chi connectivity index (χ0) is 12.4. The number of hydrogen-bond donors (Lipinski definition) is 2. The fourth-order valence-corrected chi connectivity index (χ4v) is 1.64. The number of hydrogen-bond acceptors (Lipinski definition) is 4. The van der Waals surface area contributed by atoms with Crippen molar-refractivity contribution in [2.75, 3.05) is 5.32 Å². The minimum atomic E-state index is -0.157. The average molecular weight is 234 g/mol. The SMILES string of the molecule is Cc1cc(C(C)N)nc(NC(=O)CC2CC2)n1. The molecule has 0 spiro atoms. The van der Waals surface area contributed by atoms with Crippen LogP contribution in [0.15, 0.2) is 6.07 Å². The van der Waals surface area contributed by atoms with Crippen molar-refractivity contribution in [1.29, 1.82) is 0 Å². The van der Waals surface area contributed by atoms with Crippen LogP contribution < -0.4 is 11.1 Å². The summed E-state index contributed by atoms with van der Waals surface area (Å²) in [6, 6.07) is 1.68. The van der Waals surface area contributed by atoms with Gasteiger partial charge in [-0.2, -0.15) is 0 Å². The van der Waals surface area contributed by atoms with Crippen molar-refractivity contribution >= 4 is 11.9 Å². The molecule has 5 nitrogen and oxygen atoms in total. The van der Waals surface area contributed by atoms with Crippen LogP contribution in [0.4, 0.5) is 5.95 Å². The number of carbonyl (C=O) groups is 1. The van der Waals surface area contributed by atoms with Crippen LogP contribution in [0.2, 0.25) is 0 Å². The maximum Gasteiger partial charge on any atom is 0.229 e. The van der Waals surface area contributed by atoms with Gasteiger partial charge in [-0.05, 0) is 38.7 Å². The van der Waals surface area contributed by atoms with Crippen molar-refractivity contribution in [2.24, 2.45) is 11.7 Å². The fourth-order valence-electron chi connectivity index (χ4n) is 1.64. The van der Waals surface area contributed by atoms with Crippen LogP contribution in [0.3, 0.4) is 0 Å². The highest BCUT2D eigenvalue weighted by atomic mass is 16.1. The molecular formula is C12H18N4O. The molecule has 1 unspecified atom stereocenters. The lowest BCUT2D eigenvalue weighted by Crippen LogP contribution is -2.17. The second-order valence-electron chi connectivity index (χ2n) is 4.74. The molecular weight excluding hydrogens is 216 g/mol. The molecule has 1 saturated carbocycles. The van der Waals surface area contributed by atoms with Gasteiger partial charge in [0.05, 0.1) is 5.69 Å². The largest absolute Gasteiger partial charge is 0.323 e. The summed E-state index contributed by atoms with van der Waals surface area (Å²) in [6.07, 6.45) is 2.89. The Labute approximate surface area is 101 Å². The second-order valence-corrected chi connectivity index (χ2v) is 4.74. The maximum absolute atomic E-state index is 11.6. The number of nitrogens with two attached hydrogens (primary N) is 1.